The minimum Gasteiger partial charge on any atom is -0.193 e. The second-order valence-electron chi connectivity index (χ2n) is 7.47. The third-order valence-corrected chi connectivity index (χ3v) is 5.77. The summed E-state index contributed by atoms with van der Waals surface area (Å²) in [6, 6.07) is 2.12. The van der Waals surface area contributed by atoms with Gasteiger partial charge >= 0.3 is 0 Å². The van der Waals surface area contributed by atoms with E-state index in [0.29, 0.717) is 5.92 Å². The van der Waals surface area contributed by atoms with Crippen LogP contribution in [0.5, 0.6) is 0 Å². The van der Waals surface area contributed by atoms with Crippen LogP contribution in [0.2, 0.25) is 0 Å². The van der Waals surface area contributed by atoms with E-state index < -0.39 is 0 Å². The van der Waals surface area contributed by atoms with Crippen LogP contribution in [-0.2, 0) is 0 Å². The fourth-order valence-electron chi connectivity index (χ4n) is 4.19. The Bertz CT molecular complexity index is 385. The highest BCUT2D eigenvalue weighted by molar-refractivity contribution is 5.05. The number of nitriles is 1. The molecule has 0 aromatic rings. The maximum atomic E-state index is 8.60. The number of hydrogen-bond donors (Lipinski definition) is 0. The van der Waals surface area contributed by atoms with Gasteiger partial charge in [-0.15, -0.1) is 0 Å². The van der Waals surface area contributed by atoms with Crippen LogP contribution in [0.25, 0.3) is 0 Å². The highest BCUT2D eigenvalue weighted by Gasteiger charge is 2.20. The average Bonchev–Trinajstić information content (AvgIpc) is 2.58. The van der Waals surface area contributed by atoms with E-state index in [9.17, 15) is 0 Å². The maximum absolute atomic E-state index is 8.60. The fourth-order valence-corrected chi connectivity index (χ4v) is 4.19. The van der Waals surface area contributed by atoms with E-state index in [4.69, 9.17) is 5.26 Å². The quantitative estimate of drug-likeness (QED) is 0.410. The Morgan fingerprint density at radius 1 is 0.818 bits per heavy atom. The number of allylic oxidation sites excluding steroid dienone is 4. The van der Waals surface area contributed by atoms with Crippen molar-refractivity contribution in [2.24, 2.45) is 23.7 Å². The third-order valence-electron chi connectivity index (χ3n) is 5.77. The summed E-state index contributed by atoms with van der Waals surface area (Å²) in [4.78, 5) is 0. The lowest BCUT2D eigenvalue weighted by molar-refractivity contribution is 0.289. The van der Waals surface area contributed by atoms with Crippen molar-refractivity contribution < 1.29 is 0 Å². The lowest BCUT2D eigenvalue weighted by Gasteiger charge is -2.28. The molecule has 2 rings (SSSR count). The summed E-state index contributed by atoms with van der Waals surface area (Å²) in [5.74, 6) is 3.32. The van der Waals surface area contributed by atoms with E-state index in [1.165, 1.54) is 70.6 Å². The lowest BCUT2D eigenvalue weighted by atomic mass is 9.78. The van der Waals surface area contributed by atoms with Crippen LogP contribution in [-0.4, -0.2) is 0 Å². The Morgan fingerprint density at radius 2 is 1.32 bits per heavy atom. The molecule has 0 radical (unpaired) electrons. The van der Waals surface area contributed by atoms with Crippen LogP contribution in [0.4, 0.5) is 0 Å². The Morgan fingerprint density at radius 3 is 1.82 bits per heavy atom. The topological polar surface area (TPSA) is 23.8 Å². The number of nitrogens with zero attached hydrogens (tertiary/aromatic N) is 1. The summed E-state index contributed by atoms with van der Waals surface area (Å²) in [7, 11) is 0. The van der Waals surface area contributed by atoms with Crippen LogP contribution in [0.15, 0.2) is 24.3 Å². The molecule has 0 bridgehead atoms. The molecule has 2 saturated carbocycles. The summed E-state index contributed by atoms with van der Waals surface area (Å²) < 4.78 is 0. The van der Waals surface area contributed by atoms with Crippen molar-refractivity contribution in [1.29, 1.82) is 5.26 Å². The Balaban J connectivity index is 1.65. The number of rotatable bonds is 6. The normalized spacial score (nSPS) is 33.3. The first-order valence-electron chi connectivity index (χ1n) is 9.56. The molecule has 0 atom stereocenters. The van der Waals surface area contributed by atoms with Crippen molar-refractivity contribution in [1.82, 2.24) is 0 Å². The molecule has 0 aromatic heterocycles. The monoisotopic (exact) mass is 299 g/mol. The summed E-state index contributed by atoms with van der Waals surface area (Å²) in [5.41, 5.74) is 0. The van der Waals surface area contributed by atoms with Crippen LogP contribution in [0, 0.1) is 35.0 Å². The smallest absolute Gasteiger partial charge is 0.0908 e. The van der Waals surface area contributed by atoms with E-state index in [2.05, 4.69) is 31.2 Å². The van der Waals surface area contributed by atoms with E-state index in [1.54, 1.807) is 6.08 Å². The Kier molecular flexibility index (Phi) is 7.78. The van der Waals surface area contributed by atoms with E-state index in [0.717, 1.165) is 17.8 Å². The van der Waals surface area contributed by atoms with E-state index >= 15 is 0 Å². The van der Waals surface area contributed by atoms with Crippen molar-refractivity contribution in [2.75, 3.05) is 0 Å². The second-order valence-corrected chi connectivity index (χ2v) is 7.47. The number of hydrogen-bond acceptors (Lipinski definition) is 1. The molecular formula is C21H33N. The van der Waals surface area contributed by atoms with E-state index in [1.807, 2.05) is 0 Å². The van der Waals surface area contributed by atoms with Gasteiger partial charge in [0, 0.05) is 6.08 Å². The fraction of sp³-hybridized carbons (Fsp3) is 0.762. The minimum atomic E-state index is 0.651. The summed E-state index contributed by atoms with van der Waals surface area (Å²) in [6.07, 6.45) is 24.0. The molecule has 122 valence electrons. The molecule has 0 aliphatic heterocycles. The summed E-state index contributed by atoms with van der Waals surface area (Å²) in [5, 5.41) is 8.60. The molecule has 0 spiro atoms. The molecule has 0 N–H and O–H groups in total. The first kappa shape index (κ1) is 17.3. The lowest BCUT2D eigenvalue weighted by Crippen LogP contribution is -2.14. The molecular weight excluding hydrogens is 266 g/mol. The Hall–Kier alpha value is -1.03. The van der Waals surface area contributed by atoms with Crippen molar-refractivity contribution in [3.8, 4) is 6.07 Å². The van der Waals surface area contributed by atoms with Crippen molar-refractivity contribution in [2.45, 2.75) is 77.6 Å². The van der Waals surface area contributed by atoms with Crippen LogP contribution in [0.3, 0.4) is 0 Å². The highest BCUT2D eigenvalue weighted by atomic mass is 14.3. The highest BCUT2D eigenvalue weighted by Crippen LogP contribution is 2.34. The Labute approximate surface area is 137 Å². The first-order chi connectivity index (χ1) is 10.8. The molecule has 1 nitrogen and oxygen atoms in total. The standard InChI is InChI=1S/C21H33N/c1-2-3-5-18-7-11-20(12-8-18)15-16-21-13-9-19(10-14-21)6-4-17-22/h4,6,15-16,18-21H,2-3,5,7-14H2,1H3/b6-4?,16-15+. The molecule has 2 aliphatic rings. The molecule has 0 heterocycles. The molecule has 0 unspecified atom stereocenters. The molecule has 1 heteroatoms. The summed E-state index contributed by atoms with van der Waals surface area (Å²) >= 11 is 0. The number of unbranched alkanes of at least 4 members (excludes halogenated alkanes) is 1. The van der Waals surface area contributed by atoms with Gasteiger partial charge in [0.05, 0.1) is 6.07 Å². The molecule has 0 saturated heterocycles. The van der Waals surface area contributed by atoms with Crippen molar-refractivity contribution >= 4 is 0 Å². The molecule has 0 aromatic carbocycles. The SMILES string of the molecule is CCCCC1CCC(/C=C/C2CCC(C=CC#N)CC2)CC1. The largest absolute Gasteiger partial charge is 0.193 e. The van der Waals surface area contributed by atoms with Gasteiger partial charge in [0.2, 0.25) is 0 Å². The van der Waals surface area contributed by atoms with Gasteiger partial charge in [-0.25, -0.2) is 0 Å². The zero-order chi connectivity index (χ0) is 15.6. The average molecular weight is 300 g/mol. The van der Waals surface area contributed by atoms with Gasteiger partial charge in [0.15, 0.2) is 0 Å². The van der Waals surface area contributed by atoms with Gasteiger partial charge in [-0.3, -0.25) is 0 Å². The van der Waals surface area contributed by atoms with Gasteiger partial charge < -0.3 is 0 Å². The van der Waals surface area contributed by atoms with Crippen LogP contribution < -0.4 is 0 Å². The van der Waals surface area contributed by atoms with Crippen molar-refractivity contribution in [3.63, 3.8) is 0 Å². The second kappa shape index (κ2) is 9.88. The third kappa shape index (κ3) is 5.99. The predicted molar refractivity (Wildman–Crippen MR) is 94.3 cm³/mol. The molecule has 2 fully saturated rings. The van der Waals surface area contributed by atoms with Gasteiger partial charge in [0.25, 0.3) is 0 Å². The van der Waals surface area contributed by atoms with Crippen LogP contribution in [0.1, 0.15) is 77.6 Å². The van der Waals surface area contributed by atoms with Crippen molar-refractivity contribution in [3.05, 3.63) is 24.3 Å². The maximum Gasteiger partial charge on any atom is 0.0908 e. The van der Waals surface area contributed by atoms with Gasteiger partial charge in [-0.2, -0.15) is 5.26 Å². The zero-order valence-electron chi connectivity index (χ0n) is 14.3. The predicted octanol–water partition coefficient (Wildman–Crippen LogP) is 6.43. The van der Waals surface area contributed by atoms with Crippen LogP contribution >= 0.6 is 0 Å². The minimum absolute atomic E-state index is 0.651. The first-order valence-corrected chi connectivity index (χ1v) is 9.56. The van der Waals surface area contributed by atoms with Gasteiger partial charge in [0.1, 0.15) is 0 Å². The van der Waals surface area contributed by atoms with Gasteiger partial charge in [-0.05, 0) is 75.0 Å². The summed E-state index contributed by atoms with van der Waals surface area (Å²) in [6.45, 7) is 2.30. The van der Waals surface area contributed by atoms with E-state index in [-0.39, 0.29) is 0 Å². The molecule has 22 heavy (non-hydrogen) atoms. The van der Waals surface area contributed by atoms with Gasteiger partial charge in [-0.1, -0.05) is 44.4 Å². The zero-order valence-corrected chi connectivity index (χ0v) is 14.3. The molecule has 2 aliphatic carbocycles. The molecule has 0 amide bonds.